The molecule has 1 aromatic rings. The number of hydrogen-bond acceptors (Lipinski definition) is 2. The Hall–Kier alpha value is -1.79. The van der Waals surface area contributed by atoms with Crippen molar-refractivity contribution in [3.63, 3.8) is 0 Å². The molecule has 0 atom stereocenters. The molecule has 0 saturated heterocycles. The van der Waals surface area contributed by atoms with E-state index < -0.39 is 0 Å². The average Bonchev–Trinajstić information content (AvgIpc) is 2.43. The molecular formula is C18H26N2O. The summed E-state index contributed by atoms with van der Waals surface area (Å²) < 4.78 is 0. The number of amides is 1. The summed E-state index contributed by atoms with van der Waals surface area (Å²) >= 11 is 0. The minimum atomic E-state index is -0.0369. The van der Waals surface area contributed by atoms with E-state index in [1.54, 1.807) is 0 Å². The largest absolute Gasteiger partial charge is 0.351 e. The van der Waals surface area contributed by atoms with Gasteiger partial charge in [0.05, 0.1) is 6.54 Å². The summed E-state index contributed by atoms with van der Waals surface area (Å²) in [6.45, 7) is 11.6. The van der Waals surface area contributed by atoms with Crippen LogP contribution in [0.15, 0.2) is 18.2 Å². The van der Waals surface area contributed by atoms with E-state index in [-0.39, 0.29) is 11.3 Å². The van der Waals surface area contributed by atoms with Gasteiger partial charge in [0.25, 0.3) is 5.91 Å². The summed E-state index contributed by atoms with van der Waals surface area (Å²) in [6.07, 6.45) is 0. The molecule has 1 aromatic carbocycles. The van der Waals surface area contributed by atoms with Gasteiger partial charge in [0.2, 0.25) is 0 Å². The van der Waals surface area contributed by atoms with Gasteiger partial charge in [0, 0.05) is 17.7 Å². The standard InChI is InChI=1S/C18H26N2O/c1-13(2)18(4,5)12-20-17(21)16-9-8-15(7-6-10-19)14(3)11-16/h8-9,11,13H,10,12,19H2,1-5H3,(H,20,21). The molecule has 0 aliphatic heterocycles. The van der Waals surface area contributed by atoms with Gasteiger partial charge in [-0.15, -0.1) is 0 Å². The number of aryl methyl sites for hydroxylation is 1. The summed E-state index contributed by atoms with van der Waals surface area (Å²) in [5.74, 6) is 6.30. The van der Waals surface area contributed by atoms with Crippen molar-refractivity contribution in [3.8, 4) is 11.8 Å². The molecule has 114 valence electrons. The van der Waals surface area contributed by atoms with E-state index in [0.29, 0.717) is 24.6 Å². The van der Waals surface area contributed by atoms with Gasteiger partial charge in [0.15, 0.2) is 0 Å². The van der Waals surface area contributed by atoms with E-state index in [1.165, 1.54) is 0 Å². The zero-order chi connectivity index (χ0) is 16.0. The quantitative estimate of drug-likeness (QED) is 0.836. The molecule has 0 radical (unpaired) electrons. The molecule has 0 aliphatic rings. The fraction of sp³-hybridized carbons (Fsp3) is 0.500. The van der Waals surface area contributed by atoms with Crippen LogP contribution < -0.4 is 11.1 Å². The van der Waals surface area contributed by atoms with Crippen molar-refractivity contribution < 1.29 is 4.79 Å². The third kappa shape index (κ3) is 4.91. The number of nitrogens with one attached hydrogen (secondary N) is 1. The molecule has 3 nitrogen and oxygen atoms in total. The van der Waals surface area contributed by atoms with Crippen molar-refractivity contribution >= 4 is 5.91 Å². The van der Waals surface area contributed by atoms with Crippen LogP contribution in [0.4, 0.5) is 0 Å². The Morgan fingerprint density at radius 3 is 2.57 bits per heavy atom. The number of rotatable bonds is 4. The minimum Gasteiger partial charge on any atom is -0.351 e. The lowest BCUT2D eigenvalue weighted by Crippen LogP contribution is -2.37. The number of hydrogen-bond donors (Lipinski definition) is 2. The molecule has 0 spiro atoms. The molecule has 3 heteroatoms. The molecular weight excluding hydrogens is 260 g/mol. The highest BCUT2D eigenvalue weighted by Gasteiger charge is 2.23. The predicted molar refractivity (Wildman–Crippen MR) is 88.1 cm³/mol. The van der Waals surface area contributed by atoms with E-state index in [4.69, 9.17) is 5.73 Å². The maximum atomic E-state index is 12.2. The molecule has 1 amide bonds. The van der Waals surface area contributed by atoms with Crippen LogP contribution in [0, 0.1) is 30.1 Å². The number of carbonyl (C=O) groups is 1. The molecule has 0 heterocycles. The summed E-state index contributed by atoms with van der Waals surface area (Å²) in [4.78, 5) is 12.2. The van der Waals surface area contributed by atoms with Crippen LogP contribution in [0.25, 0.3) is 0 Å². The van der Waals surface area contributed by atoms with Crippen LogP contribution in [0.1, 0.15) is 49.2 Å². The Morgan fingerprint density at radius 2 is 2.05 bits per heavy atom. The van der Waals surface area contributed by atoms with Gasteiger partial charge in [-0.05, 0) is 42.0 Å². The van der Waals surface area contributed by atoms with Crippen molar-refractivity contribution in [1.29, 1.82) is 0 Å². The molecule has 1 rings (SSSR count). The Kier molecular flexibility index (Phi) is 5.99. The molecule has 0 fully saturated rings. The van der Waals surface area contributed by atoms with Crippen molar-refractivity contribution in [2.75, 3.05) is 13.1 Å². The Morgan fingerprint density at radius 1 is 1.38 bits per heavy atom. The van der Waals surface area contributed by atoms with Crippen LogP contribution in [-0.4, -0.2) is 19.0 Å². The zero-order valence-corrected chi connectivity index (χ0v) is 13.7. The smallest absolute Gasteiger partial charge is 0.251 e. The first-order valence-electron chi connectivity index (χ1n) is 7.35. The van der Waals surface area contributed by atoms with E-state index in [0.717, 1.165) is 11.1 Å². The Labute approximate surface area is 128 Å². The molecule has 21 heavy (non-hydrogen) atoms. The van der Waals surface area contributed by atoms with Crippen LogP contribution in [0.3, 0.4) is 0 Å². The number of nitrogens with two attached hydrogens (primary N) is 1. The first-order chi connectivity index (χ1) is 9.77. The minimum absolute atomic E-state index is 0.0369. The van der Waals surface area contributed by atoms with Gasteiger partial charge >= 0.3 is 0 Å². The molecule has 0 aromatic heterocycles. The monoisotopic (exact) mass is 286 g/mol. The van der Waals surface area contributed by atoms with E-state index in [1.807, 2.05) is 25.1 Å². The highest BCUT2D eigenvalue weighted by Crippen LogP contribution is 2.24. The first-order valence-corrected chi connectivity index (χ1v) is 7.35. The van der Waals surface area contributed by atoms with Crippen LogP contribution in [0.2, 0.25) is 0 Å². The fourth-order valence-corrected chi connectivity index (χ4v) is 1.71. The second kappa shape index (κ2) is 7.28. The molecule has 0 aliphatic carbocycles. The summed E-state index contributed by atoms with van der Waals surface area (Å²) in [5.41, 5.74) is 8.03. The van der Waals surface area contributed by atoms with Gasteiger partial charge in [-0.2, -0.15) is 0 Å². The van der Waals surface area contributed by atoms with Crippen LogP contribution in [0.5, 0.6) is 0 Å². The lowest BCUT2D eigenvalue weighted by atomic mass is 9.81. The lowest BCUT2D eigenvalue weighted by molar-refractivity contribution is 0.0924. The highest BCUT2D eigenvalue weighted by molar-refractivity contribution is 5.94. The Bertz CT molecular complexity index is 562. The number of benzene rings is 1. The fourth-order valence-electron chi connectivity index (χ4n) is 1.71. The normalized spacial score (nSPS) is 11.0. The zero-order valence-electron chi connectivity index (χ0n) is 13.7. The van der Waals surface area contributed by atoms with E-state index >= 15 is 0 Å². The third-order valence-corrected chi connectivity index (χ3v) is 4.08. The second-order valence-corrected chi connectivity index (χ2v) is 6.36. The highest BCUT2D eigenvalue weighted by atomic mass is 16.1. The molecule has 3 N–H and O–H groups in total. The average molecular weight is 286 g/mol. The summed E-state index contributed by atoms with van der Waals surface area (Å²) in [5, 5.41) is 3.02. The third-order valence-electron chi connectivity index (χ3n) is 4.08. The van der Waals surface area contributed by atoms with E-state index in [9.17, 15) is 4.79 Å². The van der Waals surface area contributed by atoms with Crippen molar-refractivity contribution in [2.24, 2.45) is 17.1 Å². The van der Waals surface area contributed by atoms with Gasteiger partial charge < -0.3 is 11.1 Å². The summed E-state index contributed by atoms with van der Waals surface area (Å²) in [7, 11) is 0. The Balaban J connectivity index is 2.78. The lowest BCUT2D eigenvalue weighted by Gasteiger charge is -2.29. The van der Waals surface area contributed by atoms with Gasteiger partial charge in [0.1, 0.15) is 0 Å². The molecule has 0 unspecified atom stereocenters. The van der Waals surface area contributed by atoms with Crippen molar-refractivity contribution in [3.05, 3.63) is 34.9 Å². The topological polar surface area (TPSA) is 55.1 Å². The number of carbonyl (C=O) groups excluding carboxylic acids is 1. The summed E-state index contributed by atoms with van der Waals surface area (Å²) in [6, 6.07) is 5.56. The van der Waals surface area contributed by atoms with Gasteiger partial charge in [-0.3, -0.25) is 4.79 Å². The van der Waals surface area contributed by atoms with Crippen molar-refractivity contribution in [1.82, 2.24) is 5.32 Å². The van der Waals surface area contributed by atoms with E-state index in [2.05, 4.69) is 44.9 Å². The van der Waals surface area contributed by atoms with Crippen molar-refractivity contribution in [2.45, 2.75) is 34.6 Å². The van der Waals surface area contributed by atoms with Gasteiger partial charge in [-0.1, -0.05) is 39.5 Å². The van der Waals surface area contributed by atoms with Crippen LogP contribution >= 0.6 is 0 Å². The molecule has 0 saturated carbocycles. The van der Waals surface area contributed by atoms with Crippen LogP contribution in [-0.2, 0) is 0 Å². The van der Waals surface area contributed by atoms with Gasteiger partial charge in [-0.25, -0.2) is 0 Å². The second-order valence-electron chi connectivity index (χ2n) is 6.36. The maximum absolute atomic E-state index is 12.2. The molecule has 0 bridgehead atoms. The maximum Gasteiger partial charge on any atom is 0.251 e. The SMILES string of the molecule is Cc1cc(C(=O)NCC(C)(C)C(C)C)ccc1C#CCN. The predicted octanol–water partition coefficient (Wildman–Crippen LogP) is 2.72. The first kappa shape index (κ1) is 17.3.